The van der Waals surface area contributed by atoms with Gasteiger partial charge in [-0.2, -0.15) is 0 Å². The van der Waals surface area contributed by atoms with Crippen LogP contribution < -0.4 is 11.3 Å². The maximum atomic E-state index is 11.5. The number of aromatic nitrogens is 1. The molecule has 0 amide bonds. The summed E-state index contributed by atoms with van der Waals surface area (Å²) in [6.07, 6.45) is 0. The molecule has 0 radical (unpaired) electrons. The number of nitrogens with two attached hydrogens (primary N) is 1. The van der Waals surface area contributed by atoms with E-state index in [0.717, 1.165) is 10.2 Å². The van der Waals surface area contributed by atoms with Crippen LogP contribution in [0.4, 0.5) is 0 Å². The van der Waals surface area contributed by atoms with Crippen LogP contribution in [0, 0.1) is 0 Å². The zero-order valence-corrected chi connectivity index (χ0v) is 10.2. The Morgan fingerprint density at radius 1 is 1.50 bits per heavy atom. The van der Waals surface area contributed by atoms with E-state index >= 15 is 0 Å². The Morgan fingerprint density at radius 3 is 2.50 bits per heavy atom. The Bertz CT molecular complexity index is 390. The molecular formula is C10H15BrN2O. The van der Waals surface area contributed by atoms with Crippen LogP contribution in [-0.4, -0.2) is 4.98 Å². The molecule has 4 heteroatoms. The Kier molecular flexibility index (Phi) is 3.17. The van der Waals surface area contributed by atoms with Crippen molar-refractivity contribution >= 4 is 15.9 Å². The molecule has 0 aliphatic heterocycles. The van der Waals surface area contributed by atoms with Gasteiger partial charge in [-0.05, 0) is 22.0 Å². The number of nitrogens with one attached hydrogen (secondary N) is 1. The van der Waals surface area contributed by atoms with Crippen molar-refractivity contribution in [1.82, 2.24) is 4.98 Å². The molecule has 0 spiro atoms. The smallest absolute Gasteiger partial charge is 0.252 e. The zero-order valence-electron chi connectivity index (χ0n) is 8.65. The molecule has 1 aromatic heterocycles. The first-order valence-corrected chi connectivity index (χ1v) is 5.28. The maximum absolute atomic E-state index is 11.5. The van der Waals surface area contributed by atoms with Crippen LogP contribution in [0.5, 0.6) is 0 Å². The predicted octanol–water partition coefficient (Wildman–Crippen LogP) is 1.89. The second-order valence-corrected chi connectivity index (χ2v) is 5.16. The number of hydrogen-bond donors (Lipinski definition) is 2. The first kappa shape index (κ1) is 11.5. The molecule has 0 unspecified atom stereocenters. The highest BCUT2D eigenvalue weighted by Gasteiger charge is 2.18. The minimum Gasteiger partial charge on any atom is -0.326 e. The maximum Gasteiger partial charge on any atom is 0.252 e. The molecule has 0 aliphatic rings. The summed E-state index contributed by atoms with van der Waals surface area (Å²) >= 11 is 3.43. The van der Waals surface area contributed by atoms with Crippen LogP contribution >= 0.6 is 15.9 Å². The van der Waals surface area contributed by atoms with Gasteiger partial charge in [-0.25, -0.2) is 0 Å². The number of hydrogen-bond acceptors (Lipinski definition) is 2. The minimum atomic E-state index is -0.0966. The average molecular weight is 259 g/mol. The van der Waals surface area contributed by atoms with Crippen molar-refractivity contribution < 1.29 is 0 Å². The van der Waals surface area contributed by atoms with E-state index in [9.17, 15) is 4.79 Å². The number of aromatic amines is 1. The summed E-state index contributed by atoms with van der Waals surface area (Å²) in [5.41, 5.74) is 6.77. The van der Waals surface area contributed by atoms with E-state index < -0.39 is 0 Å². The van der Waals surface area contributed by atoms with Crippen molar-refractivity contribution in [3.63, 3.8) is 0 Å². The number of halogens is 1. The van der Waals surface area contributed by atoms with Gasteiger partial charge in [0.25, 0.3) is 5.56 Å². The van der Waals surface area contributed by atoms with E-state index in [0.29, 0.717) is 5.56 Å². The lowest BCUT2D eigenvalue weighted by molar-refractivity contribution is 0.562. The Balaban J connectivity index is 3.37. The van der Waals surface area contributed by atoms with Gasteiger partial charge in [-0.3, -0.25) is 4.79 Å². The SMILES string of the molecule is CC(C)(C)c1[nH]c(=O)c(CN)cc1Br. The quantitative estimate of drug-likeness (QED) is 0.809. The average Bonchev–Trinajstić information content (AvgIpc) is 2.06. The fourth-order valence-electron chi connectivity index (χ4n) is 1.24. The molecule has 0 aliphatic carbocycles. The molecule has 0 atom stereocenters. The second-order valence-electron chi connectivity index (χ2n) is 4.30. The zero-order chi connectivity index (χ0) is 10.9. The Hall–Kier alpha value is -0.610. The van der Waals surface area contributed by atoms with Crippen molar-refractivity contribution in [3.8, 4) is 0 Å². The topological polar surface area (TPSA) is 58.9 Å². The minimum absolute atomic E-state index is 0.0783. The van der Waals surface area contributed by atoms with Crippen LogP contribution in [-0.2, 0) is 12.0 Å². The summed E-state index contributed by atoms with van der Waals surface area (Å²) in [5, 5.41) is 0. The molecule has 0 saturated heterocycles. The first-order chi connectivity index (χ1) is 6.36. The molecule has 14 heavy (non-hydrogen) atoms. The van der Waals surface area contributed by atoms with Gasteiger partial charge in [0.05, 0.1) is 0 Å². The van der Waals surface area contributed by atoms with Gasteiger partial charge in [0.1, 0.15) is 0 Å². The molecule has 78 valence electrons. The van der Waals surface area contributed by atoms with Gasteiger partial charge in [0, 0.05) is 27.7 Å². The summed E-state index contributed by atoms with van der Waals surface area (Å²) in [6, 6.07) is 1.79. The van der Waals surface area contributed by atoms with E-state index in [1.165, 1.54) is 0 Å². The van der Waals surface area contributed by atoms with Gasteiger partial charge in [-0.1, -0.05) is 20.8 Å². The third kappa shape index (κ3) is 2.25. The monoisotopic (exact) mass is 258 g/mol. The lowest BCUT2D eigenvalue weighted by Gasteiger charge is -2.20. The molecule has 1 heterocycles. The lowest BCUT2D eigenvalue weighted by atomic mass is 9.91. The molecule has 0 fully saturated rings. The Morgan fingerprint density at radius 2 is 2.07 bits per heavy atom. The highest BCUT2D eigenvalue weighted by Crippen LogP contribution is 2.26. The molecule has 1 aromatic rings. The van der Waals surface area contributed by atoms with Crippen LogP contribution in [0.3, 0.4) is 0 Å². The van der Waals surface area contributed by atoms with Gasteiger partial charge in [0.2, 0.25) is 0 Å². The van der Waals surface area contributed by atoms with E-state index in [1.807, 2.05) is 20.8 Å². The molecule has 0 saturated carbocycles. The molecule has 0 aromatic carbocycles. The second kappa shape index (κ2) is 3.87. The summed E-state index contributed by atoms with van der Waals surface area (Å²) in [7, 11) is 0. The van der Waals surface area contributed by atoms with E-state index in [4.69, 9.17) is 5.73 Å². The van der Waals surface area contributed by atoms with Gasteiger partial charge < -0.3 is 10.7 Å². The standard InChI is InChI=1S/C10H15BrN2O/c1-10(2,3)8-7(11)4-6(5-12)9(14)13-8/h4H,5,12H2,1-3H3,(H,13,14). The molecule has 1 rings (SSSR count). The van der Waals surface area contributed by atoms with Crippen molar-refractivity contribution in [2.45, 2.75) is 32.7 Å². The molecule has 3 nitrogen and oxygen atoms in total. The number of H-pyrrole nitrogens is 1. The molecular weight excluding hydrogens is 244 g/mol. The van der Waals surface area contributed by atoms with Crippen molar-refractivity contribution in [3.05, 3.63) is 32.2 Å². The fraction of sp³-hybridized carbons (Fsp3) is 0.500. The van der Waals surface area contributed by atoms with Gasteiger partial charge in [-0.15, -0.1) is 0 Å². The summed E-state index contributed by atoms with van der Waals surface area (Å²) in [6.45, 7) is 6.40. The summed E-state index contributed by atoms with van der Waals surface area (Å²) < 4.78 is 0.907. The summed E-state index contributed by atoms with van der Waals surface area (Å²) in [4.78, 5) is 14.4. The normalized spacial score (nSPS) is 11.8. The van der Waals surface area contributed by atoms with Crippen LogP contribution in [0.25, 0.3) is 0 Å². The fourth-order valence-corrected chi connectivity index (χ4v) is 2.21. The predicted molar refractivity (Wildman–Crippen MR) is 61.4 cm³/mol. The van der Waals surface area contributed by atoms with E-state index in [1.54, 1.807) is 6.07 Å². The molecule has 0 bridgehead atoms. The van der Waals surface area contributed by atoms with E-state index in [2.05, 4.69) is 20.9 Å². The van der Waals surface area contributed by atoms with Crippen molar-refractivity contribution in [2.24, 2.45) is 5.73 Å². The van der Waals surface area contributed by atoms with E-state index in [-0.39, 0.29) is 17.5 Å². The number of pyridine rings is 1. The van der Waals surface area contributed by atoms with Gasteiger partial charge >= 0.3 is 0 Å². The summed E-state index contributed by atoms with van der Waals surface area (Å²) in [5.74, 6) is 0. The highest BCUT2D eigenvalue weighted by atomic mass is 79.9. The van der Waals surface area contributed by atoms with Crippen LogP contribution in [0.1, 0.15) is 32.0 Å². The largest absolute Gasteiger partial charge is 0.326 e. The number of rotatable bonds is 1. The van der Waals surface area contributed by atoms with Crippen LogP contribution in [0.2, 0.25) is 0 Å². The third-order valence-electron chi connectivity index (χ3n) is 2.04. The first-order valence-electron chi connectivity index (χ1n) is 4.48. The van der Waals surface area contributed by atoms with Crippen LogP contribution in [0.15, 0.2) is 15.3 Å². The Labute approximate surface area is 91.8 Å². The van der Waals surface area contributed by atoms with Crippen molar-refractivity contribution in [2.75, 3.05) is 0 Å². The third-order valence-corrected chi connectivity index (χ3v) is 2.67. The highest BCUT2D eigenvalue weighted by molar-refractivity contribution is 9.10. The lowest BCUT2D eigenvalue weighted by Crippen LogP contribution is -2.23. The molecule has 3 N–H and O–H groups in total. The van der Waals surface area contributed by atoms with Crippen molar-refractivity contribution in [1.29, 1.82) is 0 Å². The van der Waals surface area contributed by atoms with Gasteiger partial charge in [0.15, 0.2) is 0 Å².